The molecule has 0 aromatic heterocycles. The van der Waals surface area contributed by atoms with Gasteiger partial charge in [0.05, 0.1) is 18.1 Å². The molecule has 3 fully saturated rings. The zero-order valence-electron chi connectivity index (χ0n) is 17.9. The molecule has 2 saturated heterocycles. The van der Waals surface area contributed by atoms with Gasteiger partial charge < -0.3 is 25.4 Å². The van der Waals surface area contributed by atoms with Crippen LogP contribution in [-0.2, 0) is 19.1 Å². The van der Waals surface area contributed by atoms with Gasteiger partial charge in [-0.1, -0.05) is 12.2 Å². The van der Waals surface area contributed by atoms with Crippen molar-refractivity contribution >= 4 is 17.8 Å². The number of aliphatic carboxylic acids is 1. The molecule has 1 aliphatic carbocycles. The Kier molecular flexibility index (Phi) is 7.49. The number of nitrogens with one attached hydrogen (secondary N) is 2. The van der Waals surface area contributed by atoms with E-state index < -0.39 is 12.1 Å². The molecule has 3 aliphatic heterocycles. The lowest BCUT2D eigenvalue weighted by atomic mass is 9.82. The first-order chi connectivity index (χ1) is 15.1. The number of rotatable bonds is 0. The number of hydrogen-bond acceptors (Lipinski definition) is 5. The molecule has 2 unspecified atom stereocenters. The quantitative estimate of drug-likeness (QED) is 0.472. The molecule has 180 valence electrons. The minimum atomic E-state index is -5.08. The average molecular weight is 461 g/mol. The Morgan fingerprint density at radius 2 is 1.94 bits per heavy atom. The average Bonchev–Trinajstić information content (AvgIpc) is 3.19. The van der Waals surface area contributed by atoms with Crippen molar-refractivity contribution in [3.05, 3.63) is 12.2 Å². The Labute approximate surface area is 184 Å². The first-order valence-corrected chi connectivity index (χ1v) is 10.9. The molecule has 2 bridgehead atoms. The third-order valence-electron chi connectivity index (χ3n) is 6.68. The molecule has 0 radical (unpaired) electrons. The molecule has 0 aromatic rings. The van der Waals surface area contributed by atoms with E-state index in [1.54, 1.807) is 0 Å². The highest BCUT2D eigenvalue weighted by atomic mass is 19.4. The fourth-order valence-corrected chi connectivity index (χ4v) is 4.64. The maximum atomic E-state index is 13.4. The number of halogens is 3. The summed E-state index contributed by atoms with van der Waals surface area (Å²) in [6, 6.07) is 0.122. The van der Waals surface area contributed by atoms with Crippen molar-refractivity contribution in [2.24, 2.45) is 10.8 Å². The molecule has 8 nitrogen and oxygen atoms in total. The molecule has 32 heavy (non-hydrogen) atoms. The number of carboxylic acid groups (broad SMARTS) is 1. The highest BCUT2D eigenvalue weighted by Gasteiger charge is 2.58. The van der Waals surface area contributed by atoms with Gasteiger partial charge in [-0.3, -0.25) is 9.59 Å². The Bertz CT molecular complexity index is 745. The van der Waals surface area contributed by atoms with Crippen LogP contribution in [0.2, 0.25) is 0 Å². The van der Waals surface area contributed by atoms with Crippen LogP contribution in [0.1, 0.15) is 38.5 Å². The molecule has 2 amide bonds. The fraction of sp³-hybridized carbons (Fsp3) is 0.762. The van der Waals surface area contributed by atoms with Crippen LogP contribution in [0.15, 0.2) is 12.2 Å². The van der Waals surface area contributed by atoms with Gasteiger partial charge >= 0.3 is 12.1 Å². The van der Waals surface area contributed by atoms with E-state index in [0.29, 0.717) is 26.2 Å². The molecule has 4 aliphatic rings. The van der Waals surface area contributed by atoms with Crippen LogP contribution in [-0.4, -0.2) is 79.4 Å². The van der Waals surface area contributed by atoms with E-state index in [4.69, 9.17) is 14.6 Å². The van der Waals surface area contributed by atoms with E-state index >= 15 is 0 Å². The number of nitrogens with zero attached hydrogens (tertiary/aromatic N) is 1. The number of fused-ring (bicyclic) bond motifs is 3. The lowest BCUT2D eigenvalue weighted by Gasteiger charge is -2.31. The zero-order chi connectivity index (χ0) is 23.4. The summed E-state index contributed by atoms with van der Waals surface area (Å²) in [4.78, 5) is 36.6. The number of ether oxygens (including phenoxy) is 1. The second-order valence-electron chi connectivity index (χ2n) is 9.03. The van der Waals surface area contributed by atoms with E-state index in [-0.39, 0.29) is 28.7 Å². The summed E-state index contributed by atoms with van der Waals surface area (Å²) in [5.74, 6) is -2.40. The van der Waals surface area contributed by atoms with Crippen molar-refractivity contribution in [2.75, 3.05) is 39.4 Å². The van der Waals surface area contributed by atoms with Crippen LogP contribution in [0.25, 0.3) is 0 Å². The van der Waals surface area contributed by atoms with Gasteiger partial charge in [-0.2, -0.15) is 13.2 Å². The lowest BCUT2D eigenvalue weighted by Crippen LogP contribution is -2.46. The van der Waals surface area contributed by atoms with Crippen LogP contribution in [0.3, 0.4) is 0 Å². The Morgan fingerprint density at radius 3 is 2.53 bits per heavy atom. The van der Waals surface area contributed by atoms with Gasteiger partial charge in [0, 0.05) is 38.1 Å². The van der Waals surface area contributed by atoms with Crippen LogP contribution in [0.5, 0.6) is 0 Å². The monoisotopic (exact) mass is 461 g/mol. The molecule has 4 rings (SSSR count). The number of carbonyl (C=O) groups excluding carboxylic acids is 2. The molecule has 3 heterocycles. The SMILES string of the molecule is O=C(O)C(F)(F)F.O=C1CCCOC/C=C\CC2(CCNC2)C(=O)N2CC(N1)C1(CC1)C2. The Balaban J connectivity index is 0.000000360. The van der Waals surface area contributed by atoms with Crippen molar-refractivity contribution in [1.29, 1.82) is 0 Å². The summed E-state index contributed by atoms with van der Waals surface area (Å²) < 4.78 is 37.3. The second kappa shape index (κ2) is 9.78. The zero-order valence-corrected chi connectivity index (χ0v) is 17.9. The van der Waals surface area contributed by atoms with Crippen LogP contribution >= 0.6 is 0 Å². The van der Waals surface area contributed by atoms with Crippen molar-refractivity contribution in [3.63, 3.8) is 0 Å². The topological polar surface area (TPSA) is 108 Å². The van der Waals surface area contributed by atoms with Crippen LogP contribution in [0.4, 0.5) is 13.2 Å². The van der Waals surface area contributed by atoms with E-state index in [2.05, 4.69) is 16.7 Å². The number of allylic oxidation sites excluding steroid dienone is 1. The molecule has 2 atom stereocenters. The Hall–Kier alpha value is -2.14. The number of amides is 2. The number of carbonyl (C=O) groups is 3. The third-order valence-corrected chi connectivity index (χ3v) is 6.68. The first-order valence-electron chi connectivity index (χ1n) is 10.9. The first kappa shape index (κ1) is 24.5. The van der Waals surface area contributed by atoms with E-state index in [1.165, 1.54) is 0 Å². The largest absolute Gasteiger partial charge is 0.490 e. The van der Waals surface area contributed by atoms with Gasteiger partial charge in [-0.15, -0.1) is 0 Å². The van der Waals surface area contributed by atoms with Gasteiger partial charge in [0.2, 0.25) is 11.8 Å². The van der Waals surface area contributed by atoms with Gasteiger partial charge in [-0.25, -0.2) is 4.79 Å². The van der Waals surface area contributed by atoms with E-state index in [9.17, 15) is 22.8 Å². The second-order valence-corrected chi connectivity index (χ2v) is 9.03. The maximum absolute atomic E-state index is 13.4. The summed E-state index contributed by atoms with van der Waals surface area (Å²) >= 11 is 0. The molecular weight excluding hydrogens is 431 g/mol. The minimum Gasteiger partial charge on any atom is -0.475 e. The third kappa shape index (κ3) is 5.80. The van der Waals surface area contributed by atoms with Gasteiger partial charge in [-0.05, 0) is 38.6 Å². The van der Waals surface area contributed by atoms with Crippen LogP contribution in [0, 0.1) is 10.8 Å². The van der Waals surface area contributed by atoms with Crippen LogP contribution < -0.4 is 10.6 Å². The summed E-state index contributed by atoms with van der Waals surface area (Å²) in [6.07, 6.45) is 4.18. The fourth-order valence-electron chi connectivity index (χ4n) is 4.64. The van der Waals surface area contributed by atoms with E-state index in [0.717, 1.165) is 51.7 Å². The predicted octanol–water partition coefficient (Wildman–Crippen LogP) is 1.46. The minimum absolute atomic E-state index is 0.0943. The van der Waals surface area contributed by atoms with Gasteiger partial charge in [0.15, 0.2) is 0 Å². The molecule has 1 saturated carbocycles. The summed E-state index contributed by atoms with van der Waals surface area (Å²) in [5, 5.41) is 13.7. The molecular formula is C21H30F3N3O5. The Morgan fingerprint density at radius 1 is 1.22 bits per heavy atom. The summed E-state index contributed by atoms with van der Waals surface area (Å²) in [5.41, 5.74) is -0.187. The normalized spacial score (nSPS) is 31.3. The van der Waals surface area contributed by atoms with Crippen molar-refractivity contribution in [1.82, 2.24) is 15.5 Å². The number of carboxylic acids is 1. The van der Waals surface area contributed by atoms with E-state index in [1.807, 2.05) is 11.0 Å². The summed E-state index contributed by atoms with van der Waals surface area (Å²) in [7, 11) is 0. The highest BCUT2D eigenvalue weighted by Crippen LogP contribution is 2.53. The van der Waals surface area contributed by atoms with Crippen molar-refractivity contribution in [2.45, 2.75) is 50.7 Å². The highest BCUT2D eigenvalue weighted by molar-refractivity contribution is 5.84. The number of hydrogen-bond donors (Lipinski definition) is 3. The standard InChI is InChI=1S/C19H29N3O3.C2HF3O2/c23-16-4-3-11-25-10-2-1-5-18(8-9-20-13-18)17(24)22-12-15(21-16)19(14-22)6-7-19;3-2(4,5)1(6)7/h1-2,15,20H,3-14H2,(H,21,23);(H,6,7)/b2-1-;. The predicted molar refractivity (Wildman–Crippen MR) is 108 cm³/mol. The van der Waals surface area contributed by atoms with Gasteiger partial charge in [0.1, 0.15) is 0 Å². The summed E-state index contributed by atoms with van der Waals surface area (Å²) in [6.45, 7) is 4.28. The van der Waals surface area contributed by atoms with Crippen molar-refractivity contribution < 1.29 is 37.4 Å². The van der Waals surface area contributed by atoms with Crippen molar-refractivity contribution in [3.8, 4) is 0 Å². The van der Waals surface area contributed by atoms with Gasteiger partial charge in [0.25, 0.3) is 0 Å². The number of alkyl halides is 3. The molecule has 3 N–H and O–H groups in total. The molecule has 2 spiro atoms. The smallest absolute Gasteiger partial charge is 0.475 e. The molecule has 11 heteroatoms. The lowest BCUT2D eigenvalue weighted by molar-refractivity contribution is -0.192. The maximum Gasteiger partial charge on any atom is 0.490 e. The molecule has 0 aromatic carbocycles.